The van der Waals surface area contributed by atoms with E-state index in [1.54, 1.807) is 0 Å². The van der Waals surface area contributed by atoms with Gasteiger partial charge in [-0.2, -0.15) is 15.3 Å². The van der Waals surface area contributed by atoms with Crippen molar-refractivity contribution >= 4 is 23.7 Å². The van der Waals surface area contributed by atoms with Gasteiger partial charge >= 0.3 is 5.97 Å². The molecule has 8 bridgehead atoms. The number of aromatic nitrogens is 6. The van der Waals surface area contributed by atoms with Crippen LogP contribution in [0.2, 0.25) is 0 Å². The van der Waals surface area contributed by atoms with Gasteiger partial charge in [0.25, 0.3) is 17.7 Å². The van der Waals surface area contributed by atoms with E-state index >= 15 is 0 Å². The summed E-state index contributed by atoms with van der Waals surface area (Å²) >= 11 is 0. The van der Waals surface area contributed by atoms with Crippen LogP contribution in [0.3, 0.4) is 0 Å². The van der Waals surface area contributed by atoms with Crippen LogP contribution in [0.4, 0.5) is 0 Å². The summed E-state index contributed by atoms with van der Waals surface area (Å²) in [5.41, 5.74) is 11.4. The molecule has 14 nitrogen and oxygen atoms in total. The van der Waals surface area contributed by atoms with Gasteiger partial charge in [0.15, 0.2) is 17.1 Å². The molecule has 0 aliphatic heterocycles. The number of carbonyl (C=O) groups is 4. The number of benzene rings is 1. The van der Waals surface area contributed by atoms with E-state index in [1.807, 2.05) is 6.07 Å². The minimum absolute atomic E-state index is 0.00111. The highest BCUT2D eigenvalue weighted by molar-refractivity contribution is 5.96. The lowest BCUT2D eigenvalue weighted by atomic mass is 9.45. The molecule has 4 aromatic rings. The van der Waals surface area contributed by atoms with Gasteiger partial charge in [-0.15, -0.1) is 0 Å². The zero-order chi connectivity index (χ0) is 61.5. The summed E-state index contributed by atoms with van der Waals surface area (Å²) in [5.74, 6) is 5.72. The van der Waals surface area contributed by atoms with Crippen LogP contribution in [0.15, 0.2) is 30.3 Å². The van der Waals surface area contributed by atoms with Crippen molar-refractivity contribution in [2.75, 3.05) is 7.11 Å². The molecule has 0 radical (unpaired) electrons. The second kappa shape index (κ2) is 24.6. The fourth-order valence-corrected chi connectivity index (χ4v) is 21.8. The summed E-state index contributed by atoms with van der Waals surface area (Å²) in [7, 11) is 1.46. The number of nitrogens with one attached hydrogen (secondary N) is 3. The Morgan fingerprint density at radius 3 is 1.72 bits per heavy atom. The Morgan fingerprint density at radius 2 is 1.12 bits per heavy atom. The molecule has 3 aromatic heterocycles. The number of rotatable bonds is 11. The fourth-order valence-electron chi connectivity index (χ4n) is 21.8. The first-order chi connectivity index (χ1) is 42.9. The third-order valence-corrected chi connectivity index (χ3v) is 26.7. The summed E-state index contributed by atoms with van der Waals surface area (Å²) < 4.78 is 11.6. The smallest absolute Gasteiger partial charge is 0.309 e. The lowest BCUT2D eigenvalue weighted by Crippen LogP contribution is -2.60. The number of hydrogen-bond donors (Lipinski definition) is 3. The zero-order valence-corrected chi connectivity index (χ0v) is 55.3. The molecule has 3 amide bonds. The number of ether oxygens (including phenoxy) is 1. The summed E-state index contributed by atoms with van der Waals surface area (Å²) in [4.78, 5) is 52.7. The maximum atomic E-state index is 13.6. The molecule has 14 aliphatic rings. The predicted molar refractivity (Wildman–Crippen MR) is 346 cm³/mol. The van der Waals surface area contributed by atoms with Gasteiger partial charge < -0.3 is 20.7 Å². The van der Waals surface area contributed by atoms with Crippen molar-refractivity contribution in [1.82, 2.24) is 45.3 Å². The second-order valence-electron chi connectivity index (χ2n) is 32.6. The molecule has 11 saturated carbocycles. The standard InChI is InChI=1S/C26H37N3O3.C25H33N3O.C24H37N3O/c1-32-26(31)17-7-8-22-21(14-17)24(28-29(22)20-5-3-2-4-6-20)25(30)27-23-18-10-15-9-16(12-18)13-19(23)11-15;1-24(2)18-13-14-25(3,15-18)23(24)26-22(29)21-19-11-7-8-12-20(19)28(27-21)16-17-9-5-4-6-10-17;1-15-19-13-16(24(19,2)3)14-20(15)25-23(28)22-18-11-7-8-12-21(18)27(26-22)17-9-5-4-6-10-17/h15-20,23H,2-14H2,1H3,(H,27,30);4-6,9-10,18,23H,7-8,11-16H2,1-3H3,(H,26,29);15-17,19-20H,4-14H2,1-3H3,(H,25,28)/t15?,16?,17-,18?,19?,23?;18?,23-,25?;15-,16+,19-,20-/m000/s1. The molecule has 8 atom stereocenters. The number of hydrogen-bond acceptors (Lipinski definition) is 8. The Balaban J connectivity index is 0.000000117. The van der Waals surface area contributed by atoms with Crippen LogP contribution < -0.4 is 16.0 Å². The average Bonchev–Trinajstić information content (AvgIpc) is 1.71. The van der Waals surface area contributed by atoms with Crippen LogP contribution in [0.25, 0.3) is 0 Å². The van der Waals surface area contributed by atoms with Gasteiger partial charge in [0.05, 0.1) is 31.7 Å². The average molecular weight is 1210 g/mol. The Morgan fingerprint density at radius 1 is 0.562 bits per heavy atom. The van der Waals surface area contributed by atoms with Gasteiger partial charge in [-0.25, -0.2) is 0 Å². The maximum Gasteiger partial charge on any atom is 0.309 e. The Bertz CT molecular complexity index is 3230. The van der Waals surface area contributed by atoms with E-state index in [9.17, 15) is 19.2 Å². The van der Waals surface area contributed by atoms with Crippen LogP contribution >= 0.6 is 0 Å². The first-order valence-electron chi connectivity index (χ1n) is 36.3. The molecule has 18 rings (SSSR count). The van der Waals surface area contributed by atoms with Crippen LogP contribution in [-0.2, 0) is 54.6 Å². The highest BCUT2D eigenvalue weighted by Gasteiger charge is 2.60. The molecule has 1 aromatic carbocycles. The minimum atomic E-state index is -0.163. The number of fused-ring (bicyclic) bond motifs is 7. The third kappa shape index (κ3) is 11.5. The van der Waals surface area contributed by atoms with Crippen LogP contribution in [0.1, 0.15) is 285 Å². The van der Waals surface area contributed by atoms with E-state index in [4.69, 9.17) is 20.0 Å². The number of methoxy groups -OCH3 is 1. The quantitative estimate of drug-likeness (QED) is 0.125. The normalized spacial score (nSPS) is 33.4. The van der Waals surface area contributed by atoms with E-state index in [-0.39, 0.29) is 46.5 Å². The molecular formula is C75H107N9O5. The Labute approximate surface area is 531 Å². The first kappa shape index (κ1) is 61.2. The van der Waals surface area contributed by atoms with Crippen molar-refractivity contribution in [3.63, 3.8) is 0 Å². The number of nitrogens with zero attached hydrogens (tertiary/aromatic N) is 6. The molecule has 3 N–H and O–H groups in total. The van der Waals surface area contributed by atoms with Crippen molar-refractivity contribution in [3.05, 3.63) is 86.7 Å². The minimum Gasteiger partial charge on any atom is -0.469 e. The van der Waals surface area contributed by atoms with Gasteiger partial charge in [0.2, 0.25) is 0 Å². The third-order valence-electron chi connectivity index (χ3n) is 26.7. The van der Waals surface area contributed by atoms with Crippen molar-refractivity contribution in [3.8, 4) is 0 Å². The second-order valence-corrected chi connectivity index (χ2v) is 32.6. The van der Waals surface area contributed by atoms with Crippen LogP contribution in [0, 0.1) is 69.5 Å². The lowest BCUT2D eigenvalue weighted by molar-refractivity contribution is -0.145. The van der Waals surface area contributed by atoms with E-state index in [1.165, 1.54) is 169 Å². The van der Waals surface area contributed by atoms with Crippen molar-refractivity contribution in [2.24, 2.45) is 69.5 Å². The molecule has 14 heteroatoms. The topological polar surface area (TPSA) is 167 Å². The molecule has 11 fully saturated rings. The van der Waals surface area contributed by atoms with E-state index in [0.29, 0.717) is 65.1 Å². The van der Waals surface area contributed by atoms with Crippen molar-refractivity contribution < 1.29 is 23.9 Å². The molecule has 3 heterocycles. The summed E-state index contributed by atoms with van der Waals surface area (Å²) in [6.07, 6.45) is 36.4. The highest BCUT2D eigenvalue weighted by atomic mass is 16.5. The van der Waals surface area contributed by atoms with Gasteiger partial charge in [-0.1, -0.05) is 110 Å². The fraction of sp³-hybridized carbons (Fsp3) is 0.747. The van der Waals surface area contributed by atoms with Gasteiger partial charge in [-0.3, -0.25) is 33.2 Å². The molecule has 0 saturated heterocycles. The Kier molecular flexibility index (Phi) is 17.0. The number of carbonyl (C=O) groups excluding carboxylic acids is 4. The zero-order valence-electron chi connectivity index (χ0n) is 55.3. The number of amides is 3. The summed E-state index contributed by atoms with van der Waals surface area (Å²) in [5, 5.41) is 25.2. The van der Waals surface area contributed by atoms with Gasteiger partial charge in [0, 0.05) is 51.9 Å². The molecule has 2 unspecified atom stereocenters. The van der Waals surface area contributed by atoms with E-state index in [2.05, 4.69) is 95.8 Å². The highest BCUT2D eigenvalue weighted by Crippen LogP contribution is 2.63. The monoisotopic (exact) mass is 1210 g/mol. The predicted octanol–water partition coefficient (Wildman–Crippen LogP) is 14.0. The molecular weight excluding hydrogens is 1110 g/mol. The van der Waals surface area contributed by atoms with E-state index < -0.39 is 0 Å². The molecule has 89 heavy (non-hydrogen) atoms. The molecule has 482 valence electrons. The maximum absolute atomic E-state index is 13.6. The van der Waals surface area contributed by atoms with Crippen molar-refractivity contribution in [2.45, 2.75) is 277 Å². The SMILES string of the molecule is CC12CCC(C1)C(C)(C)[C@@H]2NC(=O)c1nn(Cc2ccccc2)c2c1CCCC2.COC(=O)[C@H]1CCc2c(c(C(=O)NC3C4CC5CC(C4)CC3C5)nn2C2CCCCC2)C1.C[C@@H]1[C@@H](NC(=O)c2nn(C3CCCCC3)c3c2CCCC3)C[C@H]2C[C@@H]1C2(C)C. The van der Waals surface area contributed by atoms with Crippen LogP contribution in [-0.4, -0.2) is 78.3 Å². The number of esters is 1. The Hall–Kier alpha value is -5.27. The molecule has 14 aliphatic carbocycles. The van der Waals surface area contributed by atoms with Gasteiger partial charge in [0.1, 0.15) is 0 Å². The largest absolute Gasteiger partial charge is 0.469 e. The van der Waals surface area contributed by atoms with E-state index in [0.717, 1.165) is 112 Å². The summed E-state index contributed by atoms with van der Waals surface area (Å²) in [6, 6.07) is 12.2. The van der Waals surface area contributed by atoms with Crippen molar-refractivity contribution in [1.29, 1.82) is 0 Å². The first-order valence-corrected chi connectivity index (χ1v) is 36.3. The lowest BCUT2D eigenvalue weighted by Gasteiger charge is -2.62. The molecule has 0 spiro atoms. The van der Waals surface area contributed by atoms with Crippen LogP contribution in [0.5, 0.6) is 0 Å². The summed E-state index contributed by atoms with van der Waals surface area (Å²) in [6.45, 7) is 15.0. The van der Waals surface area contributed by atoms with Gasteiger partial charge in [-0.05, 0) is 230 Å².